The summed E-state index contributed by atoms with van der Waals surface area (Å²) < 4.78 is 0. The highest BCUT2D eigenvalue weighted by atomic mass is 16.2. The second kappa shape index (κ2) is 6.37. The van der Waals surface area contributed by atoms with Gasteiger partial charge in [0.15, 0.2) is 0 Å². The van der Waals surface area contributed by atoms with Gasteiger partial charge in [-0.3, -0.25) is 9.69 Å². The van der Waals surface area contributed by atoms with E-state index in [9.17, 15) is 4.79 Å². The lowest BCUT2D eigenvalue weighted by atomic mass is 9.49. The summed E-state index contributed by atoms with van der Waals surface area (Å²) in [7, 11) is 0. The number of nitrogens with zero attached hydrogens (tertiary/aromatic N) is 2. The Morgan fingerprint density at radius 3 is 2.19 bits per heavy atom. The quantitative estimate of drug-likeness (QED) is 0.825. The third-order valence-corrected chi connectivity index (χ3v) is 7.64. The first-order valence-corrected chi connectivity index (χ1v) is 10.7. The summed E-state index contributed by atoms with van der Waals surface area (Å²) in [5, 5.41) is 0. The average Bonchev–Trinajstić information content (AvgIpc) is 2.61. The van der Waals surface area contributed by atoms with E-state index in [0.29, 0.717) is 5.91 Å². The van der Waals surface area contributed by atoms with Crippen LogP contribution in [0.4, 0.5) is 0 Å². The van der Waals surface area contributed by atoms with Crippen molar-refractivity contribution >= 4 is 5.91 Å². The van der Waals surface area contributed by atoms with Gasteiger partial charge in [-0.25, -0.2) is 0 Å². The Morgan fingerprint density at radius 1 is 1.00 bits per heavy atom. The molecule has 0 spiro atoms. The van der Waals surface area contributed by atoms with Gasteiger partial charge in [0.25, 0.3) is 0 Å². The first kappa shape index (κ1) is 16.8. The summed E-state index contributed by atoms with van der Waals surface area (Å²) in [5.74, 6) is 3.08. The van der Waals surface area contributed by atoms with Gasteiger partial charge in [0.1, 0.15) is 0 Å². The number of piperazine rings is 1. The van der Waals surface area contributed by atoms with Crippen molar-refractivity contribution < 1.29 is 4.79 Å². The zero-order chi connectivity index (χ0) is 17.7. The molecule has 1 amide bonds. The van der Waals surface area contributed by atoms with Crippen molar-refractivity contribution in [2.75, 3.05) is 26.2 Å². The van der Waals surface area contributed by atoms with Crippen molar-refractivity contribution in [3.63, 3.8) is 0 Å². The van der Waals surface area contributed by atoms with Gasteiger partial charge in [-0.2, -0.15) is 0 Å². The third kappa shape index (κ3) is 2.98. The summed E-state index contributed by atoms with van der Waals surface area (Å²) in [6, 6.07) is 8.82. The summed E-state index contributed by atoms with van der Waals surface area (Å²) >= 11 is 0. The van der Waals surface area contributed by atoms with E-state index in [2.05, 4.69) is 41.0 Å². The smallest absolute Gasteiger partial charge is 0.228 e. The molecule has 1 saturated heterocycles. The molecular weight excluding hydrogens is 320 g/mol. The standard InChI is InChI=1S/C23H32N2O/c1-17-3-2-4-18(9-17)16-24-5-7-25(8-6-24)22(26)23-13-19-10-20(14-23)12-21(11-19)15-23/h2-4,9,19-21H,5-8,10-16H2,1H3. The minimum atomic E-state index is 0.0352. The Labute approximate surface area is 157 Å². The fraction of sp³-hybridized carbons (Fsp3) is 0.696. The molecule has 3 nitrogen and oxygen atoms in total. The van der Waals surface area contributed by atoms with E-state index in [1.54, 1.807) is 0 Å². The Morgan fingerprint density at radius 2 is 1.62 bits per heavy atom. The van der Waals surface area contributed by atoms with Gasteiger partial charge >= 0.3 is 0 Å². The fourth-order valence-corrected chi connectivity index (χ4v) is 6.89. The van der Waals surface area contributed by atoms with Crippen molar-refractivity contribution in [1.82, 2.24) is 9.80 Å². The predicted molar refractivity (Wildman–Crippen MR) is 104 cm³/mol. The van der Waals surface area contributed by atoms with Gasteiger partial charge < -0.3 is 4.90 Å². The van der Waals surface area contributed by atoms with E-state index in [0.717, 1.165) is 50.5 Å². The van der Waals surface area contributed by atoms with Crippen LogP contribution < -0.4 is 0 Å². The SMILES string of the molecule is Cc1cccc(CN2CCN(C(=O)C34CC5CC(CC(C5)C3)C4)CC2)c1. The number of carbonyl (C=O) groups excluding carboxylic acids is 1. The molecule has 4 bridgehead atoms. The highest BCUT2D eigenvalue weighted by Crippen LogP contribution is 2.60. The number of carbonyl (C=O) groups is 1. The van der Waals surface area contributed by atoms with E-state index in [1.807, 2.05) is 0 Å². The number of aryl methyl sites for hydroxylation is 1. The second-order valence-corrected chi connectivity index (χ2v) is 9.76. The lowest BCUT2D eigenvalue weighted by Gasteiger charge is -2.57. The molecule has 1 aliphatic heterocycles. The first-order valence-electron chi connectivity index (χ1n) is 10.7. The van der Waals surface area contributed by atoms with Gasteiger partial charge in [0.2, 0.25) is 5.91 Å². The number of hydrogen-bond donors (Lipinski definition) is 0. The summed E-state index contributed by atoms with van der Waals surface area (Å²) in [4.78, 5) is 18.2. The maximum Gasteiger partial charge on any atom is 0.228 e. The monoisotopic (exact) mass is 352 g/mol. The number of benzene rings is 1. The summed E-state index contributed by atoms with van der Waals surface area (Å²) in [6.07, 6.45) is 7.83. The second-order valence-electron chi connectivity index (χ2n) is 9.76. The van der Waals surface area contributed by atoms with Gasteiger partial charge in [0.05, 0.1) is 5.41 Å². The van der Waals surface area contributed by atoms with Crippen LogP contribution >= 0.6 is 0 Å². The predicted octanol–water partition coefficient (Wildman–Crippen LogP) is 3.86. The van der Waals surface area contributed by atoms with E-state index in [4.69, 9.17) is 0 Å². The Kier molecular flexibility index (Phi) is 4.11. The number of rotatable bonds is 3. The summed E-state index contributed by atoms with van der Waals surface area (Å²) in [6.45, 7) is 7.06. The van der Waals surface area contributed by atoms with E-state index < -0.39 is 0 Å². The molecule has 5 aliphatic rings. The molecule has 0 atom stereocenters. The molecule has 6 rings (SSSR count). The van der Waals surface area contributed by atoms with E-state index in [1.165, 1.54) is 49.7 Å². The molecule has 26 heavy (non-hydrogen) atoms. The molecule has 0 unspecified atom stereocenters. The molecule has 140 valence electrons. The Hall–Kier alpha value is -1.35. The number of amides is 1. The Bertz CT molecular complexity index is 654. The van der Waals surface area contributed by atoms with Gasteiger partial charge in [-0.05, 0) is 68.8 Å². The van der Waals surface area contributed by atoms with Gasteiger partial charge in [-0.1, -0.05) is 29.8 Å². The van der Waals surface area contributed by atoms with Crippen molar-refractivity contribution in [1.29, 1.82) is 0 Å². The number of hydrogen-bond acceptors (Lipinski definition) is 2. The van der Waals surface area contributed by atoms with Crippen LogP contribution in [0.15, 0.2) is 24.3 Å². The maximum atomic E-state index is 13.5. The highest BCUT2D eigenvalue weighted by Gasteiger charge is 2.55. The molecule has 0 radical (unpaired) electrons. The lowest BCUT2D eigenvalue weighted by molar-refractivity contribution is -0.159. The molecule has 1 aromatic carbocycles. The third-order valence-electron chi connectivity index (χ3n) is 7.64. The van der Waals surface area contributed by atoms with Crippen LogP contribution in [-0.4, -0.2) is 41.9 Å². The molecule has 0 N–H and O–H groups in total. The van der Waals surface area contributed by atoms with Crippen LogP contribution in [0.3, 0.4) is 0 Å². The van der Waals surface area contributed by atoms with Gasteiger partial charge in [-0.15, -0.1) is 0 Å². The Balaban J connectivity index is 1.21. The molecule has 0 aromatic heterocycles. The molecular formula is C23H32N2O. The van der Waals surface area contributed by atoms with Crippen LogP contribution in [0, 0.1) is 30.1 Å². The van der Waals surface area contributed by atoms with Crippen LogP contribution in [-0.2, 0) is 11.3 Å². The minimum Gasteiger partial charge on any atom is -0.340 e. The van der Waals surface area contributed by atoms with Crippen LogP contribution in [0.25, 0.3) is 0 Å². The van der Waals surface area contributed by atoms with Crippen molar-refractivity contribution in [3.8, 4) is 0 Å². The summed E-state index contributed by atoms with van der Waals surface area (Å²) in [5.41, 5.74) is 2.76. The van der Waals surface area contributed by atoms with Crippen molar-refractivity contribution in [2.24, 2.45) is 23.2 Å². The lowest BCUT2D eigenvalue weighted by Crippen LogP contribution is -2.58. The van der Waals surface area contributed by atoms with Crippen molar-refractivity contribution in [2.45, 2.75) is 52.0 Å². The van der Waals surface area contributed by atoms with Crippen LogP contribution in [0.1, 0.15) is 49.7 Å². The highest BCUT2D eigenvalue weighted by molar-refractivity contribution is 5.83. The van der Waals surface area contributed by atoms with Gasteiger partial charge in [0, 0.05) is 32.7 Å². The molecule has 1 heterocycles. The zero-order valence-corrected chi connectivity index (χ0v) is 16.1. The van der Waals surface area contributed by atoms with E-state index in [-0.39, 0.29) is 5.41 Å². The molecule has 3 heteroatoms. The largest absolute Gasteiger partial charge is 0.340 e. The minimum absolute atomic E-state index is 0.0352. The van der Waals surface area contributed by atoms with Crippen molar-refractivity contribution in [3.05, 3.63) is 35.4 Å². The zero-order valence-electron chi connectivity index (χ0n) is 16.1. The normalized spacial score (nSPS) is 36.5. The molecule has 1 aromatic rings. The first-order chi connectivity index (χ1) is 12.6. The average molecular weight is 353 g/mol. The molecule has 4 saturated carbocycles. The molecule has 4 aliphatic carbocycles. The van der Waals surface area contributed by atoms with Crippen LogP contribution in [0.5, 0.6) is 0 Å². The molecule has 5 fully saturated rings. The van der Waals surface area contributed by atoms with E-state index >= 15 is 0 Å². The maximum absolute atomic E-state index is 13.5. The topological polar surface area (TPSA) is 23.6 Å². The fourth-order valence-electron chi connectivity index (χ4n) is 6.89. The van der Waals surface area contributed by atoms with Crippen LogP contribution in [0.2, 0.25) is 0 Å².